The van der Waals surface area contributed by atoms with Gasteiger partial charge in [-0.15, -0.1) is 0 Å². The summed E-state index contributed by atoms with van der Waals surface area (Å²) in [6.45, 7) is -0.246. The first kappa shape index (κ1) is 31.5. The lowest BCUT2D eigenvalue weighted by Crippen LogP contribution is -2.38. The lowest BCUT2D eigenvalue weighted by Gasteiger charge is -2.30. The third kappa shape index (κ3) is 5.00. The molecular weight excluding hydrogens is 686 g/mol. The van der Waals surface area contributed by atoms with E-state index in [2.05, 4.69) is 29.3 Å². The molecule has 20 nitrogen and oxygen atoms in total. The number of aliphatic hydroxyl groups excluding tert-OH is 2. The maximum absolute atomic E-state index is 13.6. The smallest absolute Gasteiger partial charge is 0.396 e. The molecule has 2 aliphatic heterocycles. The number of aromatic nitrogens is 7. The van der Waals surface area contributed by atoms with Gasteiger partial charge >= 0.3 is 15.6 Å². The summed E-state index contributed by atoms with van der Waals surface area (Å²) < 4.78 is 61.0. The largest absolute Gasteiger partial charge is 0.472 e. The number of hydrogen-bond donors (Lipinski definition) is 6. The van der Waals surface area contributed by atoms with Crippen molar-refractivity contribution in [3.63, 3.8) is 0 Å². The minimum Gasteiger partial charge on any atom is -0.396 e. The van der Waals surface area contributed by atoms with Crippen molar-refractivity contribution in [3.05, 3.63) is 33.7 Å². The number of hydrogen-bond acceptors (Lipinski definition) is 17. The van der Waals surface area contributed by atoms with Crippen LogP contribution in [0.15, 0.2) is 17.4 Å². The van der Waals surface area contributed by atoms with Crippen molar-refractivity contribution in [2.24, 2.45) is 17.3 Å². The number of nitrogens with zero attached hydrogens (tertiary/aromatic N) is 6. The number of H-pyrrole nitrogens is 1. The number of anilines is 1. The van der Waals surface area contributed by atoms with Crippen molar-refractivity contribution < 1.29 is 52.0 Å². The van der Waals surface area contributed by atoms with E-state index in [9.17, 15) is 33.9 Å². The van der Waals surface area contributed by atoms with Gasteiger partial charge in [0, 0.05) is 11.3 Å². The van der Waals surface area contributed by atoms with E-state index in [-0.39, 0.29) is 39.5 Å². The summed E-state index contributed by atoms with van der Waals surface area (Å²) in [5, 5.41) is 21.9. The van der Waals surface area contributed by atoms with Gasteiger partial charge < -0.3 is 40.0 Å². The molecule has 252 valence electrons. The molecule has 8 rings (SSSR count). The molecule has 0 amide bonds. The summed E-state index contributed by atoms with van der Waals surface area (Å²) in [6, 6.07) is -0.809. The van der Waals surface area contributed by atoms with Gasteiger partial charge in [0.1, 0.15) is 47.6 Å². The van der Waals surface area contributed by atoms with Gasteiger partial charge in [0.2, 0.25) is 0 Å². The van der Waals surface area contributed by atoms with Gasteiger partial charge in [-0.2, -0.15) is 4.37 Å². The van der Waals surface area contributed by atoms with Crippen LogP contribution in [-0.4, -0.2) is 98.1 Å². The molecule has 4 aromatic rings. The molecule has 23 heteroatoms. The van der Waals surface area contributed by atoms with Crippen LogP contribution in [0, 0.1) is 24.2 Å². The van der Waals surface area contributed by atoms with Gasteiger partial charge in [0.05, 0.1) is 43.2 Å². The number of aromatic amines is 1. The highest BCUT2D eigenvalue weighted by atomic mass is 32.1. The van der Waals surface area contributed by atoms with Crippen LogP contribution in [0.3, 0.4) is 0 Å². The average Bonchev–Trinajstić information content (AvgIpc) is 3.30. The standard InChI is InChI=1S/C24H28N8O12P2S/c1-8-29-12-13(23(35)30-8)31-47-19(12)18-17-9(3-33)11(42-18)4-40-45(36,37)44-20-16(34)15(10-2-24(10,20)5-41-46(38,39)43-17)32-7-28-14-21(25)26-6-27-22(14)32/h6-7,9-11,15-18,20,33-34H,2-5H2,1H3,(H,36,37)(H,38,39)(H2,25,26,27)(H,29,30,35)/t9-,10-,11-,15-,16+,17-,18-,20+,24?/m1/s1. The minimum atomic E-state index is -4.97. The van der Waals surface area contributed by atoms with Crippen LogP contribution < -0.4 is 11.3 Å². The zero-order valence-corrected chi connectivity index (χ0v) is 26.8. The summed E-state index contributed by atoms with van der Waals surface area (Å²) in [6.07, 6.45) is -3.72. The normalized spacial score (nSPS) is 40.4. The maximum Gasteiger partial charge on any atom is 0.472 e. The molecule has 2 aliphatic carbocycles. The Morgan fingerprint density at radius 2 is 1.94 bits per heavy atom. The number of rotatable bonds is 3. The Hall–Kier alpha value is -2.78. The average molecular weight is 715 g/mol. The molecular formula is C24H28N8O12P2S. The Morgan fingerprint density at radius 1 is 1.15 bits per heavy atom. The van der Waals surface area contributed by atoms with Crippen LogP contribution in [0.2, 0.25) is 0 Å². The first-order valence-corrected chi connectivity index (χ1v) is 18.1. The molecule has 47 heavy (non-hydrogen) atoms. The van der Waals surface area contributed by atoms with Crippen molar-refractivity contribution in [1.29, 1.82) is 0 Å². The molecule has 0 aromatic carbocycles. The zero-order valence-electron chi connectivity index (χ0n) is 24.2. The van der Waals surface area contributed by atoms with E-state index in [0.717, 1.165) is 11.5 Å². The number of ether oxygens (including phenoxy) is 1. The molecule has 2 saturated heterocycles. The van der Waals surface area contributed by atoms with Gasteiger partial charge in [-0.1, -0.05) is 0 Å². The highest BCUT2D eigenvalue weighted by Gasteiger charge is 2.74. The van der Waals surface area contributed by atoms with Gasteiger partial charge in [0.15, 0.2) is 17.0 Å². The molecule has 4 aromatic heterocycles. The molecule has 7 N–H and O–H groups in total. The summed E-state index contributed by atoms with van der Waals surface area (Å²) in [5.41, 5.74) is 4.95. The Bertz CT molecular complexity index is 2060. The highest BCUT2D eigenvalue weighted by molar-refractivity contribution is 7.47. The molecule has 6 heterocycles. The third-order valence-corrected chi connectivity index (χ3v) is 12.2. The van der Waals surface area contributed by atoms with Crippen LogP contribution in [0.5, 0.6) is 0 Å². The van der Waals surface area contributed by atoms with Gasteiger partial charge in [-0.05, 0) is 30.8 Å². The van der Waals surface area contributed by atoms with E-state index in [0.29, 0.717) is 5.65 Å². The van der Waals surface area contributed by atoms with Crippen LogP contribution in [0.1, 0.15) is 29.3 Å². The number of nitrogen functional groups attached to an aromatic ring is 1. The van der Waals surface area contributed by atoms with Gasteiger partial charge in [-0.25, -0.2) is 29.1 Å². The molecule has 1 spiro atoms. The fourth-order valence-electron chi connectivity index (χ4n) is 7.18. The molecule has 3 unspecified atom stereocenters. The number of imidazole rings is 1. The summed E-state index contributed by atoms with van der Waals surface area (Å²) >= 11 is 0.846. The molecule has 0 radical (unpaired) electrons. The molecule has 2 saturated carbocycles. The van der Waals surface area contributed by atoms with Crippen molar-refractivity contribution in [2.75, 3.05) is 25.6 Å². The summed E-state index contributed by atoms with van der Waals surface area (Å²) in [4.78, 5) is 54.0. The van der Waals surface area contributed by atoms with E-state index in [4.69, 9.17) is 28.6 Å². The number of phosphoric acid groups is 2. The molecule has 2 bridgehead atoms. The lowest BCUT2D eigenvalue weighted by atomic mass is 9.96. The second-order valence-electron chi connectivity index (χ2n) is 12.0. The SMILES string of the molecule is Cc1nc2c([C@@H]3O[C@@H]4COP(=O)(O)O[C@H]5[C@@H](O)[C@H](n6cnc7c(N)ncnc76)[C@H]6CC65COP(=O)(O)O[C@@H]3[C@@H]4CO)snc2c(=O)[nH]1. The fraction of sp³-hybridized carbons (Fsp3) is 0.583. The quantitative estimate of drug-likeness (QED) is 0.153. The number of fused-ring (bicyclic) bond motifs is 4. The topological polar surface area (TPSA) is 289 Å². The predicted molar refractivity (Wildman–Crippen MR) is 158 cm³/mol. The van der Waals surface area contributed by atoms with E-state index in [1.54, 1.807) is 11.5 Å². The van der Waals surface area contributed by atoms with E-state index >= 15 is 0 Å². The highest BCUT2D eigenvalue weighted by Crippen LogP contribution is 2.72. The summed E-state index contributed by atoms with van der Waals surface area (Å²) in [5.74, 6) is -1.18. The molecule has 11 atom stereocenters. The Kier molecular flexibility index (Phi) is 7.28. The van der Waals surface area contributed by atoms with E-state index in [1.165, 1.54) is 12.7 Å². The van der Waals surface area contributed by atoms with Crippen LogP contribution >= 0.6 is 27.2 Å². The maximum atomic E-state index is 13.6. The number of nitrogens with two attached hydrogens (primary N) is 1. The first-order chi connectivity index (χ1) is 22.3. The number of aliphatic hydroxyl groups is 2. The Balaban J connectivity index is 1.15. The van der Waals surface area contributed by atoms with Crippen LogP contribution in [0.4, 0.5) is 5.82 Å². The Morgan fingerprint density at radius 3 is 2.72 bits per heavy atom. The van der Waals surface area contributed by atoms with Crippen molar-refractivity contribution >= 4 is 55.2 Å². The van der Waals surface area contributed by atoms with Crippen molar-refractivity contribution in [1.82, 2.24) is 33.9 Å². The number of nitrogens with one attached hydrogen (secondary N) is 1. The second-order valence-corrected chi connectivity index (χ2v) is 15.7. The minimum absolute atomic E-state index is 0.00313. The monoisotopic (exact) mass is 714 g/mol. The molecule has 4 aliphatic rings. The molecule has 4 fully saturated rings. The van der Waals surface area contributed by atoms with E-state index in [1.807, 2.05) is 0 Å². The first-order valence-electron chi connectivity index (χ1n) is 14.4. The third-order valence-electron chi connectivity index (χ3n) is 9.40. The van der Waals surface area contributed by atoms with Crippen LogP contribution in [0.25, 0.3) is 22.2 Å². The van der Waals surface area contributed by atoms with Gasteiger partial charge in [0.25, 0.3) is 5.56 Å². The number of phosphoric ester groups is 2. The summed E-state index contributed by atoms with van der Waals surface area (Å²) in [7, 11) is -9.93. The predicted octanol–water partition coefficient (Wildman–Crippen LogP) is 0.0984. The van der Waals surface area contributed by atoms with Crippen molar-refractivity contribution in [3.8, 4) is 0 Å². The zero-order chi connectivity index (χ0) is 33.0. The van der Waals surface area contributed by atoms with Crippen LogP contribution in [-0.2, 0) is 32.0 Å². The van der Waals surface area contributed by atoms with Crippen molar-refractivity contribution in [2.45, 2.75) is 49.9 Å². The second kappa shape index (κ2) is 10.9. The number of aryl methyl sites for hydroxylation is 1. The van der Waals surface area contributed by atoms with Gasteiger partial charge in [-0.3, -0.25) is 22.9 Å². The Labute approximate surface area is 267 Å². The fourth-order valence-corrected chi connectivity index (χ4v) is 10.1. The lowest BCUT2D eigenvalue weighted by molar-refractivity contribution is -0.0502. The van der Waals surface area contributed by atoms with E-state index < -0.39 is 94.8 Å².